The third-order valence-electron chi connectivity index (χ3n) is 6.21. The number of nitrogens with zero attached hydrogens (tertiary/aromatic N) is 4. The van der Waals surface area contributed by atoms with Crippen LogP contribution in [0.2, 0.25) is 0 Å². The zero-order valence-corrected chi connectivity index (χ0v) is 33.0. The number of rotatable bonds is 8. The number of carbonyl (C=O) groups excluding carboxylic acids is 1. The van der Waals surface area contributed by atoms with Crippen molar-refractivity contribution < 1.29 is 103 Å². The van der Waals surface area contributed by atoms with Gasteiger partial charge in [0.2, 0.25) is 5.91 Å². The van der Waals surface area contributed by atoms with E-state index in [9.17, 15) is 31.3 Å². The molecule has 0 aliphatic heterocycles. The number of benzene rings is 4. The summed E-state index contributed by atoms with van der Waals surface area (Å²) in [6.07, 6.45) is 0. The van der Waals surface area contributed by atoms with Crippen LogP contribution in [0, 0.1) is 19.9 Å². The van der Waals surface area contributed by atoms with Crippen molar-refractivity contribution in [2.45, 2.75) is 37.5 Å². The quantitative estimate of drug-likeness (QED) is 0.101. The SMILES string of the molecule is CCS(=O)(=O)c1ccc(N=Nc2cc(C)c(N=Nc3c(S(=O)(=O)[O-])cc4c[c-]cc(NC(C)=O)c4c3O)cc2C)cc1.O=S(=O)=O.[Na+].[Na+]. The number of aryl methyl sites for hydroxylation is 2. The molecule has 0 spiro atoms. The third kappa shape index (κ3) is 11.3. The molecule has 2 N–H and O–H groups in total. The fraction of sp³-hybridized carbons (Fsp3) is 0.179. The molecule has 0 aliphatic rings. The van der Waals surface area contributed by atoms with Crippen molar-refractivity contribution in [1.82, 2.24) is 0 Å². The number of nitrogens with one attached hydrogen (secondary N) is 1. The van der Waals surface area contributed by atoms with Gasteiger partial charge in [0.05, 0.1) is 32.6 Å². The Kier molecular flexibility index (Phi) is 16.3. The molecule has 0 radical (unpaired) electrons. The molecule has 0 unspecified atom stereocenters. The predicted molar refractivity (Wildman–Crippen MR) is 165 cm³/mol. The van der Waals surface area contributed by atoms with Crippen LogP contribution in [0.25, 0.3) is 10.8 Å². The molecule has 15 nitrogen and oxygen atoms in total. The molecule has 0 aliphatic carbocycles. The van der Waals surface area contributed by atoms with E-state index < -0.39 is 52.8 Å². The van der Waals surface area contributed by atoms with Gasteiger partial charge in [-0.15, -0.1) is 23.1 Å². The average molecular weight is 734 g/mol. The number of phenols is 1. The van der Waals surface area contributed by atoms with E-state index in [0.29, 0.717) is 28.2 Å². The van der Waals surface area contributed by atoms with Crippen molar-refractivity contribution in [2.75, 3.05) is 11.1 Å². The Hall–Kier alpha value is -2.91. The van der Waals surface area contributed by atoms with Crippen molar-refractivity contribution in [2.24, 2.45) is 20.5 Å². The van der Waals surface area contributed by atoms with Gasteiger partial charge in [0, 0.05) is 6.92 Å². The number of hydrogen-bond donors (Lipinski definition) is 2. The maximum Gasteiger partial charge on any atom is 1.00 e. The largest absolute Gasteiger partial charge is 1.00 e. The number of anilines is 1. The van der Waals surface area contributed by atoms with E-state index in [1.165, 1.54) is 31.2 Å². The summed E-state index contributed by atoms with van der Waals surface area (Å²) in [6.45, 7) is 6.26. The minimum Gasteiger partial charge on any atom is -0.744 e. The smallest absolute Gasteiger partial charge is 0.744 e. The number of phenolic OH excluding ortho intramolecular Hbond substituents is 1. The first-order chi connectivity index (χ1) is 21.4. The van der Waals surface area contributed by atoms with E-state index in [1.54, 1.807) is 45.0 Å². The summed E-state index contributed by atoms with van der Waals surface area (Å²) in [6, 6.07) is 15.8. The molecular weight excluding hydrogens is 709 g/mol. The molecule has 20 heteroatoms. The first-order valence-corrected chi connectivity index (χ1v) is 17.0. The van der Waals surface area contributed by atoms with Crippen LogP contribution < -0.4 is 64.4 Å². The number of hydrogen-bond acceptors (Lipinski definition) is 14. The Morgan fingerprint density at radius 2 is 1.42 bits per heavy atom. The summed E-state index contributed by atoms with van der Waals surface area (Å²) in [5, 5.41) is 30.2. The number of azo groups is 2. The molecule has 4 aromatic rings. The van der Waals surface area contributed by atoms with Gasteiger partial charge >= 0.3 is 69.7 Å². The van der Waals surface area contributed by atoms with Crippen LogP contribution in [-0.2, 0) is 35.4 Å². The molecule has 0 fully saturated rings. The molecule has 242 valence electrons. The van der Waals surface area contributed by atoms with E-state index in [-0.39, 0.29) is 86.2 Å². The molecular formula is C28H25N5Na2O10S3. The maximum atomic E-state index is 12.1. The topological polar surface area (TPSA) is 241 Å². The fourth-order valence-electron chi connectivity index (χ4n) is 4.02. The van der Waals surface area contributed by atoms with Crippen molar-refractivity contribution in [3.05, 3.63) is 71.8 Å². The molecule has 48 heavy (non-hydrogen) atoms. The normalized spacial score (nSPS) is 11.4. The van der Waals surface area contributed by atoms with Gasteiger partial charge < -0.3 is 15.0 Å². The fourth-order valence-corrected chi connectivity index (χ4v) is 5.55. The van der Waals surface area contributed by atoms with Crippen LogP contribution in [0.15, 0.2) is 84.8 Å². The van der Waals surface area contributed by atoms with Crippen LogP contribution in [0.5, 0.6) is 5.75 Å². The molecule has 0 saturated heterocycles. The maximum absolute atomic E-state index is 12.1. The van der Waals surface area contributed by atoms with Gasteiger partial charge in [-0.05, 0) is 61.4 Å². The predicted octanol–water partition coefficient (Wildman–Crippen LogP) is -0.547. The number of carbonyl (C=O) groups is 1. The Morgan fingerprint density at radius 3 is 1.90 bits per heavy atom. The van der Waals surface area contributed by atoms with E-state index in [2.05, 4.69) is 31.8 Å². The van der Waals surface area contributed by atoms with Gasteiger partial charge in [-0.25, -0.2) is 16.8 Å². The standard InChI is InChI=1S/C28H26N5O7S2.2Na.O3S/c1-5-41(36,37)21-11-9-20(10-12-21)30-31-23-13-17(3)24(14-16(23)2)32-33-27-25(42(38,39)40)15-19-7-6-8-22(29-18(4)34)26(19)28(27)35;;;1-4(2)3/h7-15,35H,5H2,1-4H3,(H,29,34)(H,38,39,40);;;/q-1;2*+1;/p-1. The van der Waals surface area contributed by atoms with Crippen LogP contribution in [0.1, 0.15) is 25.0 Å². The number of fused-ring (bicyclic) bond motifs is 1. The summed E-state index contributed by atoms with van der Waals surface area (Å²) in [5.41, 5.74) is 2.01. The summed E-state index contributed by atoms with van der Waals surface area (Å²) in [4.78, 5) is 11.0. The number of sulfone groups is 1. The summed E-state index contributed by atoms with van der Waals surface area (Å²) < 4.78 is 85.5. The minimum absolute atomic E-state index is 0. The minimum atomic E-state index is -5.08. The zero-order chi connectivity index (χ0) is 34.4. The van der Waals surface area contributed by atoms with Crippen LogP contribution in [0.4, 0.5) is 28.4 Å². The van der Waals surface area contributed by atoms with Crippen molar-refractivity contribution in [3.8, 4) is 5.75 Å². The van der Waals surface area contributed by atoms with Crippen LogP contribution in [-0.4, -0.2) is 50.8 Å². The monoisotopic (exact) mass is 733 g/mol. The molecule has 4 rings (SSSR count). The second kappa shape index (κ2) is 18.2. The first kappa shape index (κ1) is 43.1. The van der Waals surface area contributed by atoms with Gasteiger partial charge in [0.1, 0.15) is 21.6 Å². The number of aromatic hydroxyl groups is 1. The third-order valence-corrected chi connectivity index (χ3v) is 8.81. The van der Waals surface area contributed by atoms with Gasteiger partial charge in [-0.1, -0.05) is 24.1 Å². The van der Waals surface area contributed by atoms with E-state index in [0.717, 1.165) is 6.07 Å². The van der Waals surface area contributed by atoms with E-state index >= 15 is 0 Å². The van der Waals surface area contributed by atoms with Crippen LogP contribution >= 0.6 is 0 Å². The summed E-state index contributed by atoms with van der Waals surface area (Å²) >= 11 is 0. The van der Waals surface area contributed by atoms with Crippen molar-refractivity contribution in [3.63, 3.8) is 0 Å². The Bertz CT molecular complexity index is 2220. The second-order valence-corrected chi connectivity index (χ2v) is 13.5. The van der Waals surface area contributed by atoms with Crippen LogP contribution in [0.3, 0.4) is 0 Å². The van der Waals surface area contributed by atoms with Gasteiger partial charge in [0.15, 0.2) is 9.84 Å². The second-order valence-electron chi connectivity index (χ2n) is 9.47. The number of amides is 1. The molecule has 0 saturated carbocycles. The molecule has 0 heterocycles. The van der Waals surface area contributed by atoms with Gasteiger partial charge in [-0.2, -0.15) is 33.5 Å². The summed E-state index contributed by atoms with van der Waals surface area (Å²) in [5.74, 6) is -1.11. The Labute approximate surface area is 322 Å². The first-order valence-electron chi connectivity index (χ1n) is 12.9. The van der Waals surface area contributed by atoms with E-state index in [4.69, 9.17) is 12.6 Å². The molecule has 0 atom stereocenters. The summed E-state index contributed by atoms with van der Waals surface area (Å²) in [7, 11) is -11.5. The van der Waals surface area contributed by atoms with Gasteiger partial charge in [0.25, 0.3) is 0 Å². The van der Waals surface area contributed by atoms with E-state index in [1.807, 2.05) is 0 Å². The molecule has 0 bridgehead atoms. The Morgan fingerprint density at radius 1 is 0.896 bits per heavy atom. The molecule has 4 aromatic carbocycles. The molecule has 0 aromatic heterocycles. The van der Waals surface area contributed by atoms with Crippen molar-refractivity contribution in [1.29, 1.82) is 0 Å². The molecule has 1 amide bonds. The van der Waals surface area contributed by atoms with Gasteiger partial charge in [-0.3, -0.25) is 4.79 Å². The van der Waals surface area contributed by atoms with Crippen molar-refractivity contribution >= 4 is 75.7 Å². The zero-order valence-electron chi connectivity index (χ0n) is 26.5. The Balaban J connectivity index is 0.00000182. The average Bonchev–Trinajstić information content (AvgIpc) is 2.96.